The number of thiophene rings is 1. The average Bonchev–Trinajstić information content (AvgIpc) is 2.67. The quantitative estimate of drug-likeness (QED) is 0.794. The molecule has 2 atom stereocenters. The molecule has 0 spiro atoms. The van der Waals surface area contributed by atoms with Crippen molar-refractivity contribution in [3.63, 3.8) is 0 Å². The summed E-state index contributed by atoms with van der Waals surface area (Å²) in [6.07, 6.45) is 5.66. The minimum absolute atomic E-state index is 0.0906. The van der Waals surface area contributed by atoms with Crippen LogP contribution in [0.25, 0.3) is 0 Å². The first-order valence-corrected chi connectivity index (χ1v) is 6.44. The molecule has 1 N–H and O–H groups in total. The van der Waals surface area contributed by atoms with E-state index in [1.54, 1.807) is 0 Å². The van der Waals surface area contributed by atoms with E-state index in [9.17, 15) is 5.11 Å². The Labute approximate surface area is 89.8 Å². The highest BCUT2D eigenvalue weighted by atomic mass is 32.1. The van der Waals surface area contributed by atoms with Crippen molar-refractivity contribution >= 4 is 11.3 Å². The Bertz CT molecular complexity index is 292. The molecule has 0 saturated heterocycles. The highest BCUT2D eigenvalue weighted by Crippen LogP contribution is 2.36. The van der Waals surface area contributed by atoms with E-state index in [0.717, 1.165) is 12.8 Å². The van der Waals surface area contributed by atoms with Crippen LogP contribution in [-0.4, -0.2) is 11.2 Å². The van der Waals surface area contributed by atoms with Crippen molar-refractivity contribution in [2.75, 3.05) is 0 Å². The second kappa shape index (κ2) is 4.45. The zero-order valence-electron chi connectivity index (χ0n) is 8.70. The van der Waals surface area contributed by atoms with Crippen molar-refractivity contribution in [3.8, 4) is 0 Å². The molecule has 1 aromatic heterocycles. The number of aliphatic hydroxyl groups excluding tert-OH is 1. The zero-order valence-corrected chi connectivity index (χ0v) is 9.52. The minimum atomic E-state index is -0.0906. The summed E-state index contributed by atoms with van der Waals surface area (Å²) in [6, 6.07) is 2.28. The molecule has 1 aliphatic rings. The number of rotatable bonds is 2. The second-order valence-electron chi connectivity index (χ2n) is 4.17. The normalized spacial score (nSPS) is 27.9. The Morgan fingerprint density at radius 3 is 2.86 bits per heavy atom. The average molecular weight is 210 g/mol. The van der Waals surface area contributed by atoms with Gasteiger partial charge in [-0.15, -0.1) is 11.3 Å². The van der Waals surface area contributed by atoms with Gasteiger partial charge in [0.1, 0.15) is 0 Å². The maximum absolute atomic E-state index is 9.91. The molecule has 1 saturated carbocycles. The van der Waals surface area contributed by atoms with E-state index in [4.69, 9.17) is 0 Å². The highest BCUT2D eigenvalue weighted by molar-refractivity contribution is 7.10. The van der Waals surface area contributed by atoms with Gasteiger partial charge in [0.2, 0.25) is 0 Å². The molecule has 2 rings (SSSR count). The topological polar surface area (TPSA) is 20.2 Å². The first-order chi connectivity index (χ1) is 6.81. The van der Waals surface area contributed by atoms with Gasteiger partial charge in [-0.1, -0.05) is 19.8 Å². The fourth-order valence-electron chi connectivity index (χ4n) is 2.22. The van der Waals surface area contributed by atoms with Crippen LogP contribution in [0.4, 0.5) is 0 Å². The van der Waals surface area contributed by atoms with Crippen molar-refractivity contribution in [2.24, 2.45) is 0 Å². The lowest BCUT2D eigenvalue weighted by Crippen LogP contribution is -2.21. The van der Waals surface area contributed by atoms with E-state index in [-0.39, 0.29) is 6.10 Å². The molecule has 1 aromatic rings. The first kappa shape index (κ1) is 10.2. The molecule has 0 amide bonds. The van der Waals surface area contributed by atoms with Crippen molar-refractivity contribution in [3.05, 3.63) is 21.9 Å². The second-order valence-corrected chi connectivity index (χ2v) is 5.11. The van der Waals surface area contributed by atoms with E-state index in [1.165, 1.54) is 29.7 Å². The van der Waals surface area contributed by atoms with Gasteiger partial charge in [0.25, 0.3) is 0 Å². The van der Waals surface area contributed by atoms with Gasteiger partial charge in [-0.25, -0.2) is 0 Å². The van der Waals surface area contributed by atoms with Crippen LogP contribution in [0.1, 0.15) is 49.0 Å². The van der Waals surface area contributed by atoms with Gasteiger partial charge < -0.3 is 5.11 Å². The summed E-state index contributed by atoms with van der Waals surface area (Å²) in [4.78, 5) is 1.40. The molecular weight excluding hydrogens is 192 g/mol. The Balaban J connectivity index is 2.12. The molecule has 0 unspecified atom stereocenters. The van der Waals surface area contributed by atoms with Crippen molar-refractivity contribution < 1.29 is 5.11 Å². The summed E-state index contributed by atoms with van der Waals surface area (Å²) in [5, 5.41) is 12.1. The fraction of sp³-hybridized carbons (Fsp3) is 0.667. The van der Waals surface area contributed by atoms with Gasteiger partial charge in [0.15, 0.2) is 0 Å². The number of aliphatic hydroxyl groups is 1. The van der Waals surface area contributed by atoms with Crippen LogP contribution >= 0.6 is 11.3 Å². The monoisotopic (exact) mass is 210 g/mol. The van der Waals surface area contributed by atoms with Gasteiger partial charge in [-0.05, 0) is 36.3 Å². The van der Waals surface area contributed by atoms with Gasteiger partial charge in [-0.2, -0.15) is 0 Å². The fourth-order valence-corrected chi connectivity index (χ4v) is 3.41. The number of hydrogen-bond donors (Lipinski definition) is 1. The third kappa shape index (κ3) is 2.01. The maximum Gasteiger partial charge on any atom is 0.0616 e. The van der Waals surface area contributed by atoms with Crippen LogP contribution in [0.3, 0.4) is 0 Å². The number of hydrogen-bond acceptors (Lipinski definition) is 2. The summed E-state index contributed by atoms with van der Waals surface area (Å²) in [5.41, 5.74) is 1.42. The smallest absolute Gasteiger partial charge is 0.0616 e. The summed E-state index contributed by atoms with van der Waals surface area (Å²) in [7, 11) is 0. The molecule has 1 heterocycles. The predicted octanol–water partition coefficient (Wildman–Crippen LogP) is 3.33. The molecule has 0 radical (unpaired) electrons. The Morgan fingerprint density at radius 2 is 2.21 bits per heavy atom. The predicted molar refractivity (Wildman–Crippen MR) is 60.9 cm³/mol. The summed E-state index contributed by atoms with van der Waals surface area (Å²) in [5.74, 6) is 0.425. The summed E-state index contributed by atoms with van der Waals surface area (Å²) < 4.78 is 0. The van der Waals surface area contributed by atoms with Crippen LogP contribution in [0, 0.1) is 0 Å². The Kier molecular flexibility index (Phi) is 3.24. The maximum atomic E-state index is 9.91. The van der Waals surface area contributed by atoms with Crippen LogP contribution < -0.4 is 0 Å². The summed E-state index contributed by atoms with van der Waals surface area (Å²) in [6.45, 7) is 2.18. The van der Waals surface area contributed by atoms with Gasteiger partial charge >= 0.3 is 0 Å². The van der Waals surface area contributed by atoms with E-state index in [1.807, 2.05) is 11.3 Å². The highest BCUT2D eigenvalue weighted by Gasteiger charge is 2.25. The SMILES string of the molecule is CCc1csc([C@@H]2CCCC[C@H]2O)c1. The molecule has 1 nitrogen and oxygen atoms in total. The van der Waals surface area contributed by atoms with Crippen molar-refractivity contribution in [2.45, 2.75) is 51.0 Å². The summed E-state index contributed by atoms with van der Waals surface area (Å²) >= 11 is 1.82. The largest absolute Gasteiger partial charge is 0.392 e. The van der Waals surface area contributed by atoms with Crippen LogP contribution in [0.5, 0.6) is 0 Å². The Morgan fingerprint density at radius 1 is 1.43 bits per heavy atom. The molecule has 0 aliphatic heterocycles. The minimum Gasteiger partial charge on any atom is -0.392 e. The zero-order chi connectivity index (χ0) is 9.97. The molecular formula is C12H18OS. The third-order valence-electron chi connectivity index (χ3n) is 3.18. The van der Waals surface area contributed by atoms with Gasteiger partial charge in [0, 0.05) is 10.8 Å². The molecule has 2 heteroatoms. The first-order valence-electron chi connectivity index (χ1n) is 5.56. The van der Waals surface area contributed by atoms with E-state index in [2.05, 4.69) is 18.4 Å². The van der Waals surface area contributed by atoms with Crippen LogP contribution in [0.2, 0.25) is 0 Å². The van der Waals surface area contributed by atoms with Gasteiger partial charge in [-0.3, -0.25) is 0 Å². The van der Waals surface area contributed by atoms with Crippen molar-refractivity contribution in [1.29, 1.82) is 0 Å². The van der Waals surface area contributed by atoms with E-state index in [0.29, 0.717) is 5.92 Å². The van der Waals surface area contributed by atoms with Crippen LogP contribution in [0.15, 0.2) is 11.4 Å². The van der Waals surface area contributed by atoms with Crippen molar-refractivity contribution in [1.82, 2.24) is 0 Å². The lowest BCUT2D eigenvalue weighted by Gasteiger charge is -2.26. The van der Waals surface area contributed by atoms with E-state index >= 15 is 0 Å². The molecule has 0 bridgehead atoms. The molecule has 1 aliphatic carbocycles. The lowest BCUT2D eigenvalue weighted by molar-refractivity contribution is 0.107. The molecule has 1 fully saturated rings. The molecule has 0 aromatic carbocycles. The lowest BCUT2D eigenvalue weighted by atomic mass is 9.85. The third-order valence-corrected chi connectivity index (χ3v) is 4.29. The van der Waals surface area contributed by atoms with Gasteiger partial charge in [0.05, 0.1) is 6.10 Å². The standard InChI is InChI=1S/C12H18OS/c1-2-9-7-12(14-8-9)10-5-3-4-6-11(10)13/h7-8,10-11,13H,2-6H2,1H3/t10-,11-/m1/s1. The van der Waals surface area contributed by atoms with E-state index < -0.39 is 0 Å². The number of aryl methyl sites for hydroxylation is 1. The molecule has 78 valence electrons. The Hall–Kier alpha value is -0.340. The van der Waals surface area contributed by atoms with Crippen LogP contribution in [-0.2, 0) is 6.42 Å². The molecule has 14 heavy (non-hydrogen) atoms.